The van der Waals surface area contributed by atoms with Crippen molar-refractivity contribution >= 4 is 21.4 Å². The van der Waals surface area contributed by atoms with Crippen LogP contribution < -0.4 is 5.32 Å². The van der Waals surface area contributed by atoms with Gasteiger partial charge >= 0.3 is 0 Å². The van der Waals surface area contributed by atoms with E-state index in [1.807, 2.05) is 19.1 Å². The number of hydrogen-bond acceptors (Lipinski definition) is 3. The Kier molecular flexibility index (Phi) is 4.92. The maximum absolute atomic E-state index is 13.5. The molecule has 2 rings (SSSR count). The van der Waals surface area contributed by atoms with Crippen molar-refractivity contribution < 1.29 is 17.6 Å². The Morgan fingerprint density at radius 3 is 2.36 bits per heavy atom. The van der Waals surface area contributed by atoms with Crippen LogP contribution in [-0.4, -0.2) is 20.1 Å². The van der Waals surface area contributed by atoms with Crippen molar-refractivity contribution in [1.82, 2.24) is 0 Å². The molecule has 0 aliphatic rings. The lowest BCUT2D eigenvalue weighted by atomic mass is 10.2. The standard InChI is InChI=1S/C16H16FNO3S/c1-12-6-8-13(9-7-12)18-16(19)10-11-22(20,21)15-5-3-2-4-14(15)17/h2-9H,10-11H2,1H3,(H,18,19). The van der Waals surface area contributed by atoms with Crippen LogP contribution >= 0.6 is 0 Å². The van der Waals surface area contributed by atoms with E-state index in [2.05, 4.69) is 5.32 Å². The van der Waals surface area contributed by atoms with E-state index in [9.17, 15) is 17.6 Å². The molecule has 0 saturated heterocycles. The first kappa shape index (κ1) is 16.2. The number of anilines is 1. The van der Waals surface area contributed by atoms with E-state index in [1.54, 1.807) is 12.1 Å². The first-order chi connectivity index (χ1) is 10.4. The van der Waals surface area contributed by atoms with E-state index in [-0.39, 0.29) is 11.3 Å². The molecule has 0 spiro atoms. The molecule has 22 heavy (non-hydrogen) atoms. The zero-order valence-electron chi connectivity index (χ0n) is 12.0. The second-order valence-electron chi connectivity index (χ2n) is 4.91. The van der Waals surface area contributed by atoms with Crippen LogP contribution in [0.4, 0.5) is 10.1 Å². The maximum Gasteiger partial charge on any atom is 0.225 e. The van der Waals surface area contributed by atoms with Crippen LogP contribution in [0.1, 0.15) is 12.0 Å². The third-order valence-electron chi connectivity index (χ3n) is 3.10. The number of carbonyl (C=O) groups excluding carboxylic acids is 1. The van der Waals surface area contributed by atoms with Crippen LogP contribution in [0.5, 0.6) is 0 Å². The number of rotatable bonds is 5. The van der Waals surface area contributed by atoms with Crippen molar-refractivity contribution in [2.75, 3.05) is 11.1 Å². The molecule has 0 aliphatic heterocycles. The zero-order valence-corrected chi connectivity index (χ0v) is 12.9. The largest absolute Gasteiger partial charge is 0.326 e. The lowest BCUT2D eigenvalue weighted by Gasteiger charge is -2.07. The molecule has 1 amide bonds. The minimum Gasteiger partial charge on any atom is -0.326 e. The highest BCUT2D eigenvalue weighted by Gasteiger charge is 2.20. The Bertz CT molecular complexity index is 770. The van der Waals surface area contributed by atoms with Gasteiger partial charge in [-0.05, 0) is 31.2 Å². The van der Waals surface area contributed by atoms with Gasteiger partial charge in [-0.2, -0.15) is 0 Å². The quantitative estimate of drug-likeness (QED) is 0.921. The van der Waals surface area contributed by atoms with Crippen molar-refractivity contribution in [3.63, 3.8) is 0 Å². The third kappa shape index (κ3) is 4.14. The third-order valence-corrected chi connectivity index (χ3v) is 4.85. The average molecular weight is 321 g/mol. The fourth-order valence-corrected chi connectivity index (χ4v) is 3.22. The fraction of sp³-hybridized carbons (Fsp3) is 0.188. The number of aryl methyl sites for hydroxylation is 1. The minimum atomic E-state index is -3.82. The predicted molar refractivity (Wildman–Crippen MR) is 82.9 cm³/mol. The van der Waals surface area contributed by atoms with E-state index < -0.39 is 27.3 Å². The topological polar surface area (TPSA) is 63.2 Å². The molecule has 2 aromatic carbocycles. The second kappa shape index (κ2) is 6.70. The Morgan fingerprint density at radius 2 is 1.73 bits per heavy atom. The fourth-order valence-electron chi connectivity index (χ4n) is 1.89. The highest BCUT2D eigenvalue weighted by atomic mass is 32.2. The molecule has 2 aromatic rings. The molecule has 0 unspecified atom stereocenters. The SMILES string of the molecule is Cc1ccc(NC(=O)CCS(=O)(=O)c2ccccc2F)cc1. The van der Waals surface area contributed by atoms with Crippen molar-refractivity contribution in [3.05, 3.63) is 59.9 Å². The zero-order chi connectivity index (χ0) is 16.2. The maximum atomic E-state index is 13.5. The Hall–Kier alpha value is -2.21. The highest BCUT2D eigenvalue weighted by molar-refractivity contribution is 7.91. The summed E-state index contributed by atoms with van der Waals surface area (Å²) in [5.41, 5.74) is 1.65. The molecule has 116 valence electrons. The number of amides is 1. The van der Waals surface area contributed by atoms with Gasteiger partial charge in [0.2, 0.25) is 5.91 Å². The van der Waals surface area contributed by atoms with Crippen LogP contribution in [0.2, 0.25) is 0 Å². The van der Waals surface area contributed by atoms with Gasteiger partial charge in [0.1, 0.15) is 10.7 Å². The van der Waals surface area contributed by atoms with E-state index in [1.165, 1.54) is 18.2 Å². The summed E-state index contributed by atoms with van der Waals surface area (Å²) in [6, 6.07) is 12.3. The van der Waals surface area contributed by atoms with Gasteiger partial charge in [-0.15, -0.1) is 0 Å². The number of sulfone groups is 1. The van der Waals surface area contributed by atoms with E-state index in [4.69, 9.17) is 0 Å². The lowest BCUT2D eigenvalue weighted by molar-refractivity contribution is -0.115. The van der Waals surface area contributed by atoms with E-state index in [0.29, 0.717) is 5.69 Å². The molecular weight excluding hydrogens is 305 g/mol. The summed E-state index contributed by atoms with van der Waals surface area (Å²) in [6.45, 7) is 1.92. The molecule has 0 saturated carbocycles. The van der Waals surface area contributed by atoms with Crippen LogP contribution in [-0.2, 0) is 14.6 Å². The lowest BCUT2D eigenvalue weighted by Crippen LogP contribution is -2.18. The van der Waals surface area contributed by atoms with Gasteiger partial charge in [-0.1, -0.05) is 29.8 Å². The summed E-state index contributed by atoms with van der Waals surface area (Å²) in [7, 11) is -3.82. The van der Waals surface area contributed by atoms with Gasteiger partial charge in [-0.25, -0.2) is 12.8 Å². The summed E-state index contributed by atoms with van der Waals surface area (Å²) in [5, 5.41) is 2.61. The summed E-state index contributed by atoms with van der Waals surface area (Å²) < 4.78 is 37.6. The summed E-state index contributed by atoms with van der Waals surface area (Å²) in [6.07, 6.45) is -0.232. The van der Waals surface area contributed by atoms with E-state index >= 15 is 0 Å². The smallest absolute Gasteiger partial charge is 0.225 e. The van der Waals surface area contributed by atoms with Crippen molar-refractivity contribution in [3.8, 4) is 0 Å². The Balaban J connectivity index is 1.98. The summed E-state index contributed by atoms with van der Waals surface area (Å²) in [4.78, 5) is 11.4. The van der Waals surface area contributed by atoms with Gasteiger partial charge in [0.15, 0.2) is 9.84 Å². The first-order valence-electron chi connectivity index (χ1n) is 6.72. The Morgan fingerprint density at radius 1 is 1.09 bits per heavy atom. The average Bonchev–Trinajstić information content (AvgIpc) is 2.48. The molecule has 0 radical (unpaired) electrons. The summed E-state index contributed by atoms with van der Waals surface area (Å²) >= 11 is 0. The Labute approximate surface area is 128 Å². The number of halogens is 1. The molecule has 0 heterocycles. The van der Waals surface area contributed by atoms with E-state index in [0.717, 1.165) is 11.6 Å². The van der Waals surface area contributed by atoms with Crippen LogP contribution in [0.15, 0.2) is 53.4 Å². The first-order valence-corrected chi connectivity index (χ1v) is 8.37. The van der Waals surface area contributed by atoms with Crippen LogP contribution in [0.3, 0.4) is 0 Å². The monoisotopic (exact) mass is 321 g/mol. The molecular formula is C16H16FNO3S. The van der Waals surface area contributed by atoms with Gasteiger partial charge in [-0.3, -0.25) is 4.79 Å². The number of hydrogen-bond donors (Lipinski definition) is 1. The predicted octanol–water partition coefficient (Wildman–Crippen LogP) is 2.94. The summed E-state index contributed by atoms with van der Waals surface area (Å²) in [5.74, 6) is -1.67. The molecule has 1 N–H and O–H groups in total. The van der Waals surface area contributed by atoms with Crippen molar-refractivity contribution in [1.29, 1.82) is 0 Å². The number of nitrogens with one attached hydrogen (secondary N) is 1. The molecule has 6 heteroatoms. The molecule has 0 aliphatic carbocycles. The van der Waals surface area contributed by atoms with Crippen molar-refractivity contribution in [2.24, 2.45) is 0 Å². The highest BCUT2D eigenvalue weighted by Crippen LogP contribution is 2.16. The van der Waals surface area contributed by atoms with Gasteiger partial charge in [0.25, 0.3) is 0 Å². The molecule has 0 fully saturated rings. The van der Waals surface area contributed by atoms with Crippen LogP contribution in [0.25, 0.3) is 0 Å². The minimum absolute atomic E-state index is 0.232. The van der Waals surface area contributed by atoms with Crippen LogP contribution in [0, 0.1) is 12.7 Å². The van der Waals surface area contributed by atoms with Gasteiger partial charge in [0.05, 0.1) is 5.75 Å². The molecule has 0 bridgehead atoms. The second-order valence-corrected chi connectivity index (χ2v) is 6.99. The van der Waals surface area contributed by atoms with Gasteiger partial charge < -0.3 is 5.32 Å². The van der Waals surface area contributed by atoms with Crippen molar-refractivity contribution in [2.45, 2.75) is 18.2 Å². The molecule has 0 aromatic heterocycles. The number of carbonyl (C=O) groups is 1. The normalized spacial score (nSPS) is 11.2. The molecule has 4 nitrogen and oxygen atoms in total. The molecule has 0 atom stereocenters. The van der Waals surface area contributed by atoms with Gasteiger partial charge in [0, 0.05) is 12.1 Å². The number of benzene rings is 2.